The molecule has 7 heteroatoms. The van der Waals surface area contributed by atoms with Gasteiger partial charge in [-0.05, 0) is 30.5 Å². The van der Waals surface area contributed by atoms with Gasteiger partial charge in [-0.1, -0.05) is 22.9 Å². The number of amides is 1. The summed E-state index contributed by atoms with van der Waals surface area (Å²) >= 11 is 1.58. The molecule has 1 amide bonds. The fourth-order valence-corrected chi connectivity index (χ4v) is 2.96. The number of rotatable bonds is 8. The highest BCUT2D eigenvalue weighted by Crippen LogP contribution is 2.19. The molecular weight excluding hydrogens is 350 g/mol. The van der Waals surface area contributed by atoms with E-state index in [4.69, 9.17) is 9.26 Å². The summed E-state index contributed by atoms with van der Waals surface area (Å²) in [4.78, 5) is 18.2. The maximum atomic E-state index is 12.2. The molecular formula is C19H21N3O3S. The van der Waals surface area contributed by atoms with Crippen molar-refractivity contribution in [3.05, 3.63) is 52.5 Å². The first-order valence-electron chi connectivity index (χ1n) is 8.40. The minimum absolute atomic E-state index is 0.0211. The minimum Gasteiger partial charge on any atom is -0.492 e. The van der Waals surface area contributed by atoms with E-state index in [1.165, 1.54) is 5.56 Å². The molecule has 0 atom stereocenters. The molecule has 0 saturated heterocycles. The number of nitrogens with zero attached hydrogens (tertiary/aromatic N) is 3. The third kappa shape index (κ3) is 4.92. The lowest BCUT2D eigenvalue weighted by Gasteiger charge is -2.17. The SMILES string of the molecule is Cc1ccc(OCCN(C)C(=O)CCc2nc(-c3ccsc3)no2)cc1. The van der Waals surface area contributed by atoms with E-state index in [1.54, 1.807) is 23.3 Å². The van der Waals surface area contributed by atoms with Crippen LogP contribution in [0.25, 0.3) is 11.4 Å². The van der Waals surface area contributed by atoms with E-state index >= 15 is 0 Å². The molecule has 0 aliphatic rings. The fraction of sp³-hybridized carbons (Fsp3) is 0.316. The molecule has 0 N–H and O–H groups in total. The van der Waals surface area contributed by atoms with E-state index in [0.717, 1.165) is 11.3 Å². The quantitative estimate of drug-likeness (QED) is 0.605. The van der Waals surface area contributed by atoms with Gasteiger partial charge < -0.3 is 14.2 Å². The monoisotopic (exact) mass is 371 g/mol. The summed E-state index contributed by atoms with van der Waals surface area (Å²) in [5, 5.41) is 7.87. The van der Waals surface area contributed by atoms with Gasteiger partial charge in [0.25, 0.3) is 0 Å². The van der Waals surface area contributed by atoms with Crippen LogP contribution in [0.15, 0.2) is 45.6 Å². The molecule has 1 aromatic carbocycles. The molecule has 2 aromatic heterocycles. The molecule has 0 unspecified atom stereocenters. The summed E-state index contributed by atoms with van der Waals surface area (Å²) in [6.45, 7) is 3.01. The second kappa shape index (κ2) is 8.62. The Hall–Kier alpha value is -2.67. The summed E-state index contributed by atoms with van der Waals surface area (Å²) in [6.07, 6.45) is 0.755. The Morgan fingerprint density at radius 1 is 1.27 bits per heavy atom. The Morgan fingerprint density at radius 3 is 2.81 bits per heavy atom. The number of benzene rings is 1. The fourth-order valence-electron chi connectivity index (χ4n) is 2.33. The number of hydrogen-bond acceptors (Lipinski definition) is 6. The van der Waals surface area contributed by atoms with Gasteiger partial charge in [0.1, 0.15) is 12.4 Å². The summed E-state index contributed by atoms with van der Waals surface area (Å²) in [5.41, 5.74) is 2.12. The zero-order valence-corrected chi connectivity index (χ0v) is 15.7. The Morgan fingerprint density at radius 2 is 2.08 bits per heavy atom. The molecule has 3 rings (SSSR count). The van der Waals surface area contributed by atoms with Crippen LogP contribution in [0.1, 0.15) is 17.9 Å². The van der Waals surface area contributed by atoms with Gasteiger partial charge in [0, 0.05) is 30.8 Å². The molecule has 3 aromatic rings. The number of hydrogen-bond donors (Lipinski definition) is 0. The first-order valence-corrected chi connectivity index (χ1v) is 9.34. The van der Waals surface area contributed by atoms with Crippen LogP contribution in [0.2, 0.25) is 0 Å². The molecule has 0 aliphatic carbocycles. The molecule has 26 heavy (non-hydrogen) atoms. The van der Waals surface area contributed by atoms with Crippen molar-refractivity contribution < 1.29 is 14.1 Å². The van der Waals surface area contributed by atoms with Gasteiger partial charge >= 0.3 is 0 Å². The van der Waals surface area contributed by atoms with Crippen LogP contribution in [-0.4, -0.2) is 41.1 Å². The van der Waals surface area contributed by atoms with Crippen molar-refractivity contribution in [2.24, 2.45) is 0 Å². The Labute approximate surface area is 156 Å². The van der Waals surface area contributed by atoms with Crippen molar-refractivity contribution in [2.75, 3.05) is 20.2 Å². The van der Waals surface area contributed by atoms with Crippen LogP contribution in [0.4, 0.5) is 0 Å². The Balaban J connectivity index is 1.40. The standard InChI is InChI=1S/C19H21N3O3S/c1-14-3-5-16(6-4-14)24-11-10-22(2)18(23)8-7-17-20-19(21-25-17)15-9-12-26-13-15/h3-6,9,12-13H,7-8,10-11H2,1-2H3. The van der Waals surface area contributed by atoms with E-state index in [-0.39, 0.29) is 5.91 Å². The number of aryl methyl sites for hydroxylation is 2. The molecule has 0 bridgehead atoms. The van der Waals surface area contributed by atoms with Crippen molar-refractivity contribution in [1.29, 1.82) is 0 Å². The summed E-state index contributed by atoms with van der Waals surface area (Å²) in [7, 11) is 1.77. The van der Waals surface area contributed by atoms with Crippen LogP contribution < -0.4 is 4.74 Å². The molecule has 6 nitrogen and oxygen atoms in total. The van der Waals surface area contributed by atoms with Crippen LogP contribution in [-0.2, 0) is 11.2 Å². The molecule has 0 radical (unpaired) electrons. The molecule has 2 heterocycles. The van der Waals surface area contributed by atoms with Gasteiger partial charge in [0.05, 0.1) is 6.54 Å². The number of thiophene rings is 1. The molecule has 136 valence electrons. The average molecular weight is 371 g/mol. The predicted molar refractivity (Wildman–Crippen MR) is 100 cm³/mol. The Kier molecular flexibility index (Phi) is 6.01. The molecule has 0 saturated carbocycles. The lowest BCUT2D eigenvalue weighted by Crippen LogP contribution is -2.31. The highest BCUT2D eigenvalue weighted by Gasteiger charge is 2.13. The van der Waals surface area contributed by atoms with Gasteiger partial charge in [-0.15, -0.1) is 0 Å². The van der Waals surface area contributed by atoms with Crippen LogP contribution >= 0.6 is 11.3 Å². The maximum Gasteiger partial charge on any atom is 0.227 e. The lowest BCUT2D eigenvalue weighted by molar-refractivity contribution is -0.130. The van der Waals surface area contributed by atoms with Crippen LogP contribution in [0.3, 0.4) is 0 Å². The van der Waals surface area contributed by atoms with Crippen LogP contribution in [0.5, 0.6) is 5.75 Å². The highest BCUT2D eigenvalue weighted by molar-refractivity contribution is 7.08. The number of aromatic nitrogens is 2. The second-order valence-corrected chi connectivity index (χ2v) is 6.78. The van der Waals surface area contributed by atoms with Gasteiger partial charge in [-0.2, -0.15) is 16.3 Å². The zero-order chi connectivity index (χ0) is 18.4. The van der Waals surface area contributed by atoms with Crippen LogP contribution in [0, 0.1) is 6.92 Å². The zero-order valence-electron chi connectivity index (χ0n) is 14.8. The number of carbonyl (C=O) groups is 1. The van der Waals surface area contributed by atoms with Gasteiger partial charge in [-0.3, -0.25) is 4.79 Å². The minimum atomic E-state index is 0.0211. The molecule has 0 fully saturated rings. The number of ether oxygens (including phenoxy) is 1. The summed E-state index contributed by atoms with van der Waals surface area (Å²) < 4.78 is 10.9. The van der Waals surface area contributed by atoms with Gasteiger partial charge in [-0.25, -0.2) is 0 Å². The average Bonchev–Trinajstić information content (AvgIpc) is 3.32. The topological polar surface area (TPSA) is 68.5 Å². The van der Waals surface area contributed by atoms with E-state index in [2.05, 4.69) is 10.1 Å². The van der Waals surface area contributed by atoms with E-state index in [0.29, 0.717) is 37.7 Å². The first kappa shape index (κ1) is 18.1. The largest absolute Gasteiger partial charge is 0.492 e. The second-order valence-electron chi connectivity index (χ2n) is 6.00. The van der Waals surface area contributed by atoms with Crippen molar-refractivity contribution in [3.8, 4) is 17.1 Å². The lowest BCUT2D eigenvalue weighted by atomic mass is 10.2. The van der Waals surface area contributed by atoms with E-state index in [9.17, 15) is 4.79 Å². The predicted octanol–water partition coefficient (Wildman–Crippen LogP) is 3.58. The molecule has 0 aliphatic heterocycles. The highest BCUT2D eigenvalue weighted by atomic mass is 32.1. The van der Waals surface area contributed by atoms with Gasteiger partial charge in [0.2, 0.25) is 17.6 Å². The van der Waals surface area contributed by atoms with E-state index in [1.807, 2.05) is 48.0 Å². The number of carbonyl (C=O) groups excluding carboxylic acids is 1. The maximum absolute atomic E-state index is 12.2. The summed E-state index contributed by atoms with van der Waals surface area (Å²) in [5.74, 6) is 1.87. The van der Waals surface area contributed by atoms with Crippen molar-refractivity contribution >= 4 is 17.2 Å². The van der Waals surface area contributed by atoms with Gasteiger partial charge in [0.15, 0.2) is 0 Å². The summed E-state index contributed by atoms with van der Waals surface area (Å²) in [6, 6.07) is 9.79. The van der Waals surface area contributed by atoms with Crippen molar-refractivity contribution in [2.45, 2.75) is 19.8 Å². The molecule has 0 spiro atoms. The third-order valence-corrected chi connectivity index (χ3v) is 4.63. The smallest absolute Gasteiger partial charge is 0.227 e. The normalized spacial score (nSPS) is 10.7. The Bertz CT molecular complexity index is 828. The van der Waals surface area contributed by atoms with E-state index < -0.39 is 0 Å². The first-order chi connectivity index (χ1) is 12.6. The third-order valence-electron chi connectivity index (χ3n) is 3.94. The van der Waals surface area contributed by atoms with Crippen molar-refractivity contribution in [3.63, 3.8) is 0 Å². The number of likely N-dealkylation sites (N-methyl/N-ethyl adjacent to an activating group) is 1. The van der Waals surface area contributed by atoms with Crippen molar-refractivity contribution in [1.82, 2.24) is 15.0 Å².